The predicted molar refractivity (Wildman–Crippen MR) is 108 cm³/mol. The molecule has 1 aromatic carbocycles. The van der Waals surface area contributed by atoms with Gasteiger partial charge in [0.05, 0.1) is 7.06 Å². The molecule has 2 unspecified atom stereocenters. The van der Waals surface area contributed by atoms with Crippen LogP contribution in [0.3, 0.4) is 0 Å². The minimum atomic E-state index is -2.56. The van der Waals surface area contributed by atoms with E-state index in [9.17, 15) is 0 Å². The molecule has 0 aliphatic carbocycles. The topological polar surface area (TPSA) is 58.3 Å². The molecule has 0 N–H and O–H groups in total. The fourth-order valence-electron chi connectivity index (χ4n) is 3.92. The Kier molecular flexibility index (Phi) is 2.58. The molecule has 0 radical (unpaired) electrons. The molecule has 27 heavy (non-hydrogen) atoms. The molecule has 4 heterocycles. The van der Waals surface area contributed by atoms with Crippen LogP contribution in [0.1, 0.15) is 31.7 Å². The zero-order valence-corrected chi connectivity index (χ0v) is 15.3. The average Bonchev–Trinajstić information content (AvgIpc) is 3.22. The average molecular weight is 363 g/mol. The van der Waals surface area contributed by atoms with Gasteiger partial charge in [-0.2, -0.15) is 0 Å². The number of fused-ring (bicyclic) bond motifs is 4. The monoisotopic (exact) mass is 363 g/mol. The standard InChI is InChI=1S/C21H21N5O/c1-12(2)25-14(4)26(20-19(25)22-10-11-23-20)17-13(3)7-8-15-16-6-5-9-24-21(16)27-18(15)17/h5-12,14H,1-4H3/i1D3,12D. The number of hydrogen-bond acceptors (Lipinski definition) is 6. The van der Waals surface area contributed by atoms with Crippen molar-refractivity contribution in [2.45, 2.75) is 39.8 Å². The molecule has 0 spiro atoms. The zero-order valence-electron chi connectivity index (χ0n) is 19.3. The largest absolute Gasteiger partial charge is 0.435 e. The second-order valence-corrected chi connectivity index (χ2v) is 6.73. The van der Waals surface area contributed by atoms with E-state index in [4.69, 9.17) is 9.90 Å². The number of benzene rings is 1. The molecule has 0 saturated carbocycles. The summed E-state index contributed by atoms with van der Waals surface area (Å²) in [7, 11) is 0. The fourth-order valence-corrected chi connectivity index (χ4v) is 3.92. The SMILES string of the molecule is [2H]C([2H])([2H])C([2H])(C)N1c2nccnc2N(c2c(C)ccc3c2oc2ncccc23)C1C. The third-order valence-electron chi connectivity index (χ3n) is 5.06. The predicted octanol–water partition coefficient (Wildman–Crippen LogP) is 4.79. The Morgan fingerprint density at radius 3 is 2.74 bits per heavy atom. The van der Waals surface area contributed by atoms with E-state index in [0.717, 1.165) is 22.0 Å². The summed E-state index contributed by atoms with van der Waals surface area (Å²) >= 11 is 0. The van der Waals surface area contributed by atoms with Crippen molar-refractivity contribution in [1.82, 2.24) is 15.0 Å². The normalized spacial score (nSPS) is 21.5. The number of furan rings is 1. The van der Waals surface area contributed by atoms with Crippen molar-refractivity contribution in [2.24, 2.45) is 0 Å². The highest BCUT2D eigenvalue weighted by Crippen LogP contribution is 2.46. The van der Waals surface area contributed by atoms with Gasteiger partial charge in [-0.15, -0.1) is 0 Å². The summed E-state index contributed by atoms with van der Waals surface area (Å²) in [5.41, 5.74) is 2.85. The maximum atomic E-state index is 8.73. The first-order valence-electron chi connectivity index (χ1n) is 10.8. The maximum Gasteiger partial charge on any atom is 0.227 e. The summed E-state index contributed by atoms with van der Waals surface area (Å²) in [6, 6.07) is 5.89. The van der Waals surface area contributed by atoms with Crippen LogP contribution in [-0.4, -0.2) is 27.1 Å². The number of aryl methyl sites for hydroxylation is 1. The highest BCUT2D eigenvalue weighted by molar-refractivity contribution is 6.09. The summed E-state index contributed by atoms with van der Waals surface area (Å²) < 4.78 is 38.8. The minimum absolute atomic E-state index is 0.356. The van der Waals surface area contributed by atoms with Crippen molar-refractivity contribution in [3.8, 4) is 0 Å². The van der Waals surface area contributed by atoms with E-state index in [0.29, 0.717) is 22.9 Å². The van der Waals surface area contributed by atoms with Gasteiger partial charge >= 0.3 is 0 Å². The van der Waals surface area contributed by atoms with Crippen LogP contribution >= 0.6 is 0 Å². The first-order valence-corrected chi connectivity index (χ1v) is 8.79. The minimum Gasteiger partial charge on any atom is -0.435 e. The number of anilines is 3. The summed E-state index contributed by atoms with van der Waals surface area (Å²) in [4.78, 5) is 16.7. The molecule has 0 amide bonds. The summed E-state index contributed by atoms with van der Waals surface area (Å²) in [6.45, 7) is 2.64. The molecule has 1 aliphatic rings. The lowest BCUT2D eigenvalue weighted by atomic mass is 10.1. The Labute approximate surface area is 163 Å². The lowest BCUT2D eigenvalue weighted by Gasteiger charge is -2.32. The van der Waals surface area contributed by atoms with Gasteiger partial charge in [0.1, 0.15) is 6.17 Å². The van der Waals surface area contributed by atoms with Crippen molar-refractivity contribution in [3.63, 3.8) is 0 Å². The highest BCUT2D eigenvalue weighted by Gasteiger charge is 2.39. The van der Waals surface area contributed by atoms with Crippen LogP contribution in [-0.2, 0) is 0 Å². The smallest absolute Gasteiger partial charge is 0.227 e. The molecular formula is C21H21N5O. The quantitative estimate of drug-likeness (QED) is 0.510. The van der Waals surface area contributed by atoms with Crippen LogP contribution in [0.4, 0.5) is 17.3 Å². The Morgan fingerprint density at radius 2 is 1.93 bits per heavy atom. The molecule has 0 fully saturated rings. The van der Waals surface area contributed by atoms with Crippen molar-refractivity contribution in [1.29, 1.82) is 0 Å². The van der Waals surface area contributed by atoms with Gasteiger partial charge in [0.2, 0.25) is 5.71 Å². The zero-order chi connectivity index (χ0) is 22.1. The van der Waals surface area contributed by atoms with Gasteiger partial charge in [0.25, 0.3) is 0 Å². The summed E-state index contributed by atoms with van der Waals surface area (Å²) in [5.74, 6) is 0.844. The molecular weight excluding hydrogens is 338 g/mol. The van der Waals surface area contributed by atoms with E-state index < -0.39 is 19.0 Å². The van der Waals surface area contributed by atoms with E-state index in [-0.39, 0.29) is 0 Å². The van der Waals surface area contributed by atoms with Crippen LogP contribution < -0.4 is 9.80 Å². The lowest BCUT2D eigenvalue weighted by molar-refractivity contribution is 0.597. The summed E-state index contributed by atoms with van der Waals surface area (Å²) in [5, 5.41) is 1.80. The summed E-state index contributed by atoms with van der Waals surface area (Å²) in [6.07, 6.45) is 4.22. The van der Waals surface area contributed by atoms with E-state index in [1.807, 2.05) is 43.0 Å². The Morgan fingerprint density at radius 1 is 1.11 bits per heavy atom. The molecule has 6 nitrogen and oxygen atoms in total. The number of rotatable bonds is 2. The molecule has 3 aromatic heterocycles. The molecule has 0 bridgehead atoms. The number of nitrogens with zero attached hydrogens (tertiary/aromatic N) is 5. The van der Waals surface area contributed by atoms with E-state index in [2.05, 4.69) is 15.0 Å². The van der Waals surface area contributed by atoms with Crippen molar-refractivity contribution in [3.05, 3.63) is 48.4 Å². The van der Waals surface area contributed by atoms with Crippen LogP contribution in [0.2, 0.25) is 0 Å². The van der Waals surface area contributed by atoms with Crippen LogP contribution in [0.25, 0.3) is 22.1 Å². The second-order valence-electron chi connectivity index (χ2n) is 6.73. The van der Waals surface area contributed by atoms with Gasteiger partial charge in [-0.05, 0) is 45.3 Å². The van der Waals surface area contributed by atoms with Crippen LogP contribution in [0, 0.1) is 6.92 Å². The van der Waals surface area contributed by atoms with Gasteiger partial charge < -0.3 is 9.32 Å². The maximum absolute atomic E-state index is 8.73. The number of hydrogen-bond donors (Lipinski definition) is 0. The van der Waals surface area contributed by atoms with E-state index >= 15 is 0 Å². The first kappa shape index (κ1) is 12.3. The molecule has 5 rings (SSSR count). The molecule has 4 aromatic rings. The molecule has 6 heteroatoms. The number of aromatic nitrogens is 3. The van der Waals surface area contributed by atoms with Crippen molar-refractivity contribution in [2.75, 3.05) is 9.80 Å². The third-order valence-corrected chi connectivity index (χ3v) is 5.06. The van der Waals surface area contributed by atoms with Crippen molar-refractivity contribution >= 4 is 39.4 Å². The number of pyridine rings is 1. The first-order chi connectivity index (χ1) is 14.6. The van der Waals surface area contributed by atoms with Gasteiger partial charge in [-0.3, -0.25) is 4.90 Å². The van der Waals surface area contributed by atoms with Gasteiger partial charge in [0.15, 0.2) is 17.2 Å². The molecule has 136 valence electrons. The lowest BCUT2D eigenvalue weighted by Crippen LogP contribution is -2.42. The Hall–Kier alpha value is -3.15. The van der Waals surface area contributed by atoms with E-state index in [1.165, 1.54) is 18.0 Å². The van der Waals surface area contributed by atoms with Crippen LogP contribution in [0.15, 0.2) is 47.3 Å². The van der Waals surface area contributed by atoms with Gasteiger partial charge in [-0.1, -0.05) is 12.1 Å². The third kappa shape index (κ3) is 2.16. The van der Waals surface area contributed by atoms with Crippen molar-refractivity contribution < 1.29 is 9.90 Å². The molecule has 0 saturated heterocycles. The van der Waals surface area contributed by atoms with Gasteiger partial charge in [-0.25, -0.2) is 15.0 Å². The Balaban J connectivity index is 1.79. The highest BCUT2D eigenvalue weighted by atomic mass is 16.3. The molecule has 1 aliphatic heterocycles. The van der Waals surface area contributed by atoms with Gasteiger partial charge in [0, 0.05) is 39.5 Å². The fraction of sp³-hybridized carbons (Fsp3) is 0.286. The van der Waals surface area contributed by atoms with Crippen LogP contribution in [0.5, 0.6) is 0 Å². The Bertz CT molecular complexity index is 1320. The second kappa shape index (κ2) is 5.67. The van der Waals surface area contributed by atoms with E-state index in [1.54, 1.807) is 12.4 Å². The molecule has 2 atom stereocenters.